The zero-order chi connectivity index (χ0) is 14.8. The number of carbonyl (C=O) groups is 1. The number of aromatic nitrogens is 2. The van der Waals surface area contributed by atoms with Gasteiger partial charge >= 0.3 is 0 Å². The molecule has 2 aliphatic heterocycles. The van der Waals surface area contributed by atoms with Gasteiger partial charge in [-0.25, -0.2) is 9.97 Å². The minimum Gasteiger partial charge on any atom is -0.378 e. The van der Waals surface area contributed by atoms with Gasteiger partial charge in [-0.15, -0.1) is 0 Å². The van der Waals surface area contributed by atoms with Gasteiger partial charge in [-0.2, -0.15) is 0 Å². The van der Waals surface area contributed by atoms with Crippen LogP contribution in [0.1, 0.15) is 30.3 Å². The molecular weight excluding hydrogens is 268 g/mol. The van der Waals surface area contributed by atoms with Crippen molar-refractivity contribution in [3.63, 3.8) is 0 Å². The van der Waals surface area contributed by atoms with Crippen LogP contribution in [-0.2, 0) is 22.5 Å². The third-order valence-corrected chi connectivity index (χ3v) is 4.20. The van der Waals surface area contributed by atoms with Crippen LogP contribution in [0.3, 0.4) is 0 Å². The molecule has 21 heavy (non-hydrogen) atoms. The maximum Gasteiger partial charge on any atom is 0.225 e. The van der Waals surface area contributed by atoms with Crippen LogP contribution in [0.25, 0.3) is 0 Å². The standard InChI is InChI=1S/C15H22N4O2/c1-3-14(20)19-5-4-13-12(10-19)11(2)16-15(17-13)18-6-8-21-9-7-18/h3-10H2,1-2H3. The van der Waals surface area contributed by atoms with Crippen LogP contribution < -0.4 is 4.90 Å². The molecule has 6 nitrogen and oxygen atoms in total. The van der Waals surface area contributed by atoms with Crippen LogP contribution in [0.5, 0.6) is 0 Å². The molecule has 0 unspecified atom stereocenters. The Morgan fingerprint density at radius 3 is 2.71 bits per heavy atom. The SMILES string of the molecule is CCC(=O)N1CCc2nc(N3CCOCC3)nc(C)c2C1. The van der Waals surface area contributed by atoms with E-state index in [1.165, 1.54) is 0 Å². The number of amides is 1. The highest BCUT2D eigenvalue weighted by atomic mass is 16.5. The van der Waals surface area contributed by atoms with Crippen molar-refractivity contribution >= 4 is 11.9 Å². The normalized spacial score (nSPS) is 18.6. The summed E-state index contributed by atoms with van der Waals surface area (Å²) in [6.45, 7) is 8.50. The molecule has 0 bridgehead atoms. The summed E-state index contributed by atoms with van der Waals surface area (Å²) in [5, 5.41) is 0. The smallest absolute Gasteiger partial charge is 0.225 e. The summed E-state index contributed by atoms with van der Waals surface area (Å²) in [7, 11) is 0. The van der Waals surface area contributed by atoms with Crippen molar-refractivity contribution in [2.45, 2.75) is 33.2 Å². The number of ether oxygens (including phenoxy) is 1. The summed E-state index contributed by atoms with van der Waals surface area (Å²) in [6, 6.07) is 0. The van der Waals surface area contributed by atoms with E-state index in [1.54, 1.807) is 0 Å². The average molecular weight is 290 g/mol. The van der Waals surface area contributed by atoms with Gasteiger partial charge in [0.25, 0.3) is 0 Å². The van der Waals surface area contributed by atoms with Gasteiger partial charge in [0.1, 0.15) is 0 Å². The summed E-state index contributed by atoms with van der Waals surface area (Å²) in [5.74, 6) is 1.02. The molecule has 0 radical (unpaired) electrons. The van der Waals surface area contributed by atoms with Crippen molar-refractivity contribution in [1.29, 1.82) is 0 Å². The highest BCUT2D eigenvalue weighted by Crippen LogP contribution is 2.23. The molecule has 2 aliphatic rings. The molecule has 1 aromatic rings. The minimum atomic E-state index is 0.206. The number of morpholine rings is 1. The lowest BCUT2D eigenvalue weighted by Gasteiger charge is -2.31. The maximum atomic E-state index is 11.9. The monoisotopic (exact) mass is 290 g/mol. The van der Waals surface area contributed by atoms with Gasteiger partial charge in [-0.05, 0) is 6.92 Å². The van der Waals surface area contributed by atoms with E-state index in [0.717, 1.165) is 62.2 Å². The van der Waals surface area contributed by atoms with Crippen LogP contribution in [0.2, 0.25) is 0 Å². The summed E-state index contributed by atoms with van der Waals surface area (Å²) in [5.41, 5.74) is 3.22. The molecule has 1 amide bonds. The summed E-state index contributed by atoms with van der Waals surface area (Å²) >= 11 is 0. The largest absolute Gasteiger partial charge is 0.378 e. The van der Waals surface area contributed by atoms with Crippen LogP contribution in [0.4, 0.5) is 5.95 Å². The van der Waals surface area contributed by atoms with Crippen molar-refractivity contribution < 1.29 is 9.53 Å². The van der Waals surface area contributed by atoms with Crippen molar-refractivity contribution in [1.82, 2.24) is 14.9 Å². The van der Waals surface area contributed by atoms with Crippen molar-refractivity contribution in [2.75, 3.05) is 37.7 Å². The Kier molecular flexibility index (Phi) is 4.05. The fourth-order valence-corrected chi connectivity index (χ4v) is 2.90. The highest BCUT2D eigenvalue weighted by molar-refractivity contribution is 5.76. The lowest BCUT2D eigenvalue weighted by molar-refractivity contribution is -0.131. The first kappa shape index (κ1) is 14.3. The third kappa shape index (κ3) is 2.85. The van der Waals surface area contributed by atoms with Crippen molar-refractivity contribution in [3.05, 3.63) is 17.0 Å². The van der Waals surface area contributed by atoms with Gasteiger partial charge in [0, 0.05) is 50.3 Å². The number of aryl methyl sites for hydroxylation is 1. The lowest BCUT2D eigenvalue weighted by atomic mass is 10.0. The number of fused-ring (bicyclic) bond motifs is 1. The Labute approximate surface area is 125 Å². The molecule has 1 aromatic heterocycles. The fraction of sp³-hybridized carbons (Fsp3) is 0.667. The van der Waals surface area contributed by atoms with Crippen molar-refractivity contribution in [2.24, 2.45) is 0 Å². The Morgan fingerprint density at radius 1 is 1.24 bits per heavy atom. The van der Waals surface area contributed by atoms with Gasteiger partial charge in [-0.1, -0.05) is 6.92 Å². The first-order valence-corrected chi connectivity index (χ1v) is 7.66. The van der Waals surface area contributed by atoms with Gasteiger partial charge in [0.05, 0.1) is 18.9 Å². The molecule has 0 atom stereocenters. The molecule has 3 rings (SSSR count). The Morgan fingerprint density at radius 2 is 2.00 bits per heavy atom. The van der Waals surface area contributed by atoms with E-state index in [1.807, 2.05) is 18.7 Å². The van der Waals surface area contributed by atoms with Gasteiger partial charge in [0.2, 0.25) is 11.9 Å². The molecule has 0 aromatic carbocycles. The van der Waals surface area contributed by atoms with Crippen molar-refractivity contribution in [3.8, 4) is 0 Å². The molecule has 3 heterocycles. The average Bonchev–Trinajstić information content (AvgIpc) is 2.54. The Hall–Kier alpha value is -1.69. The highest BCUT2D eigenvalue weighted by Gasteiger charge is 2.24. The summed E-state index contributed by atoms with van der Waals surface area (Å²) in [4.78, 5) is 25.3. The van der Waals surface area contributed by atoms with Gasteiger partial charge in [-0.3, -0.25) is 4.79 Å². The predicted molar refractivity (Wildman–Crippen MR) is 79.2 cm³/mol. The van der Waals surface area contributed by atoms with Gasteiger partial charge in [0.15, 0.2) is 0 Å². The topological polar surface area (TPSA) is 58.6 Å². The third-order valence-electron chi connectivity index (χ3n) is 4.20. The van der Waals surface area contributed by atoms with Crippen LogP contribution in [0, 0.1) is 6.92 Å². The number of anilines is 1. The molecule has 0 N–H and O–H groups in total. The van der Waals surface area contributed by atoms with E-state index in [0.29, 0.717) is 13.0 Å². The summed E-state index contributed by atoms with van der Waals surface area (Å²) in [6.07, 6.45) is 1.38. The second-order valence-corrected chi connectivity index (χ2v) is 5.55. The first-order valence-electron chi connectivity index (χ1n) is 7.66. The van der Waals surface area contributed by atoms with E-state index in [-0.39, 0.29) is 5.91 Å². The van der Waals surface area contributed by atoms with Gasteiger partial charge < -0.3 is 14.5 Å². The van der Waals surface area contributed by atoms with Crippen LogP contribution in [-0.4, -0.2) is 53.6 Å². The number of nitrogens with zero attached hydrogens (tertiary/aromatic N) is 4. The molecular formula is C15H22N4O2. The number of carbonyl (C=O) groups excluding carboxylic acids is 1. The Bertz CT molecular complexity index is 541. The van der Waals surface area contributed by atoms with E-state index in [9.17, 15) is 4.79 Å². The second-order valence-electron chi connectivity index (χ2n) is 5.55. The van der Waals surface area contributed by atoms with E-state index < -0.39 is 0 Å². The quantitative estimate of drug-likeness (QED) is 0.810. The molecule has 1 saturated heterocycles. The molecule has 0 saturated carbocycles. The summed E-state index contributed by atoms with van der Waals surface area (Å²) < 4.78 is 5.38. The fourth-order valence-electron chi connectivity index (χ4n) is 2.90. The first-order chi connectivity index (χ1) is 10.2. The van der Waals surface area contributed by atoms with E-state index in [2.05, 4.69) is 9.88 Å². The lowest BCUT2D eigenvalue weighted by Crippen LogP contribution is -2.39. The zero-order valence-electron chi connectivity index (χ0n) is 12.8. The number of hydrogen-bond acceptors (Lipinski definition) is 5. The zero-order valence-corrected chi connectivity index (χ0v) is 12.8. The molecule has 1 fully saturated rings. The predicted octanol–water partition coefficient (Wildman–Crippen LogP) is 0.916. The maximum absolute atomic E-state index is 11.9. The molecule has 0 spiro atoms. The number of hydrogen-bond donors (Lipinski definition) is 0. The van der Waals surface area contributed by atoms with E-state index in [4.69, 9.17) is 9.72 Å². The van der Waals surface area contributed by atoms with Crippen LogP contribution in [0.15, 0.2) is 0 Å². The van der Waals surface area contributed by atoms with Crippen LogP contribution >= 0.6 is 0 Å². The molecule has 6 heteroatoms. The van der Waals surface area contributed by atoms with E-state index >= 15 is 0 Å². The minimum absolute atomic E-state index is 0.206. The Balaban J connectivity index is 1.84. The molecule has 114 valence electrons. The molecule has 0 aliphatic carbocycles. The second kappa shape index (κ2) is 5.97. The number of rotatable bonds is 2.